The Labute approximate surface area is 168 Å². The summed E-state index contributed by atoms with van der Waals surface area (Å²) in [4.78, 5) is 8.62. The van der Waals surface area contributed by atoms with Crippen molar-refractivity contribution < 1.29 is 9.74 Å². The van der Waals surface area contributed by atoms with E-state index in [0.717, 1.165) is 0 Å². The molecule has 0 spiro atoms. The summed E-state index contributed by atoms with van der Waals surface area (Å²) in [6, 6.07) is 11.7. The number of phenolic OH excluding ortho intramolecular Hbond substituents is 1. The van der Waals surface area contributed by atoms with Crippen LogP contribution in [0.4, 0.5) is 17.3 Å². The molecule has 4 rings (SSSR count). The van der Waals surface area contributed by atoms with Crippen LogP contribution in [0.15, 0.2) is 52.2 Å². The third-order valence-electron chi connectivity index (χ3n) is 3.55. The number of fused-ring (bicyclic) bond motifs is 1. The highest BCUT2D eigenvalue weighted by atomic mass is 35.5. The van der Waals surface area contributed by atoms with Gasteiger partial charge in [-0.2, -0.15) is 10.1 Å². The molecule has 28 heavy (non-hydrogen) atoms. The lowest BCUT2D eigenvalue weighted by atomic mass is 10.2. The molecule has 9 nitrogen and oxygen atoms in total. The molecular formula is C17H11Cl2N7O2. The summed E-state index contributed by atoms with van der Waals surface area (Å²) in [6.07, 6.45) is 1.52. The Kier molecular flexibility index (Phi) is 4.92. The van der Waals surface area contributed by atoms with E-state index >= 15 is 0 Å². The third kappa shape index (κ3) is 3.95. The highest BCUT2D eigenvalue weighted by Crippen LogP contribution is 2.29. The zero-order valence-electron chi connectivity index (χ0n) is 14.0. The van der Waals surface area contributed by atoms with Crippen LogP contribution in [0.3, 0.4) is 0 Å². The van der Waals surface area contributed by atoms with Gasteiger partial charge in [0, 0.05) is 5.69 Å². The fourth-order valence-corrected chi connectivity index (χ4v) is 2.58. The van der Waals surface area contributed by atoms with E-state index in [9.17, 15) is 5.11 Å². The minimum Gasteiger partial charge on any atom is -0.508 e. The zero-order chi connectivity index (χ0) is 19.5. The molecule has 0 aliphatic rings. The van der Waals surface area contributed by atoms with Gasteiger partial charge in [-0.3, -0.25) is 5.43 Å². The van der Waals surface area contributed by atoms with Crippen LogP contribution in [0.2, 0.25) is 10.0 Å². The molecular weight excluding hydrogens is 405 g/mol. The molecule has 0 unspecified atom stereocenters. The van der Waals surface area contributed by atoms with Crippen LogP contribution in [-0.4, -0.2) is 31.6 Å². The van der Waals surface area contributed by atoms with E-state index in [1.54, 1.807) is 42.5 Å². The number of aromatic hydroxyl groups is 1. The Morgan fingerprint density at radius 1 is 0.964 bits per heavy atom. The van der Waals surface area contributed by atoms with Gasteiger partial charge in [0.25, 0.3) is 0 Å². The topological polar surface area (TPSA) is 121 Å². The Morgan fingerprint density at radius 2 is 1.75 bits per heavy atom. The number of hydrazone groups is 1. The van der Waals surface area contributed by atoms with Crippen LogP contribution in [0, 0.1) is 0 Å². The van der Waals surface area contributed by atoms with E-state index in [1.165, 1.54) is 6.21 Å². The van der Waals surface area contributed by atoms with Crippen LogP contribution in [0.25, 0.3) is 11.3 Å². The van der Waals surface area contributed by atoms with E-state index < -0.39 is 0 Å². The van der Waals surface area contributed by atoms with Gasteiger partial charge < -0.3 is 10.4 Å². The number of halogens is 2. The molecule has 0 fully saturated rings. The molecule has 0 bridgehead atoms. The molecule has 2 heterocycles. The van der Waals surface area contributed by atoms with Gasteiger partial charge >= 0.3 is 0 Å². The Balaban J connectivity index is 1.64. The van der Waals surface area contributed by atoms with Crippen LogP contribution >= 0.6 is 23.2 Å². The van der Waals surface area contributed by atoms with Crippen molar-refractivity contribution in [2.45, 2.75) is 0 Å². The number of anilines is 3. The summed E-state index contributed by atoms with van der Waals surface area (Å²) in [5, 5.41) is 24.9. The van der Waals surface area contributed by atoms with Crippen LogP contribution in [-0.2, 0) is 0 Å². The average Bonchev–Trinajstić information content (AvgIpc) is 3.12. The lowest BCUT2D eigenvalue weighted by Crippen LogP contribution is -2.03. The summed E-state index contributed by atoms with van der Waals surface area (Å²) in [5.41, 5.74) is 4.57. The van der Waals surface area contributed by atoms with Crippen molar-refractivity contribution in [1.29, 1.82) is 0 Å². The fourth-order valence-electron chi connectivity index (χ4n) is 2.29. The van der Waals surface area contributed by atoms with Crippen molar-refractivity contribution in [2.75, 3.05) is 10.7 Å². The smallest absolute Gasteiger partial charge is 0.245 e. The maximum Gasteiger partial charge on any atom is 0.245 e. The van der Waals surface area contributed by atoms with E-state index in [0.29, 0.717) is 27.1 Å². The summed E-state index contributed by atoms with van der Waals surface area (Å²) in [6.45, 7) is 0. The molecule has 2 aromatic heterocycles. The second kappa shape index (κ2) is 7.67. The summed E-state index contributed by atoms with van der Waals surface area (Å²) in [7, 11) is 0. The van der Waals surface area contributed by atoms with E-state index in [4.69, 9.17) is 23.2 Å². The van der Waals surface area contributed by atoms with Crippen LogP contribution in [0.5, 0.6) is 5.75 Å². The van der Waals surface area contributed by atoms with Crippen molar-refractivity contribution in [3.8, 4) is 5.75 Å². The molecule has 0 saturated carbocycles. The number of hydrogen-bond acceptors (Lipinski definition) is 9. The molecule has 0 aliphatic carbocycles. The second-order valence-electron chi connectivity index (χ2n) is 5.55. The maximum absolute atomic E-state index is 9.51. The number of hydrogen-bond donors (Lipinski definition) is 3. The van der Waals surface area contributed by atoms with Gasteiger partial charge in [0.15, 0.2) is 11.6 Å². The van der Waals surface area contributed by atoms with Crippen molar-refractivity contribution in [2.24, 2.45) is 5.10 Å². The molecule has 140 valence electrons. The second-order valence-corrected chi connectivity index (χ2v) is 6.37. The van der Waals surface area contributed by atoms with E-state index in [1.807, 2.05) is 0 Å². The molecule has 3 N–H and O–H groups in total. The third-order valence-corrected chi connectivity index (χ3v) is 4.29. The van der Waals surface area contributed by atoms with Crippen molar-refractivity contribution in [3.63, 3.8) is 0 Å². The van der Waals surface area contributed by atoms with Gasteiger partial charge in [-0.25, -0.2) is 9.61 Å². The zero-order valence-corrected chi connectivity index (χ0v) is 15.5. The van der Waals surface area contributed by atoms with Crippen LogP contribution in [0.1, 0.15) is 5.56 Å². The first-order chi connectivity index (χ1) is 13.6. The summed E-state index contributed by atoms with van der Waals surface area (Å²) in [5.74, 6) is 0.751. The molecule has 0 saturated heterocycles. The van der Waals surface area contributed by atoms with Crippen molar-refractivity contribution in [3.05, 3.63) is 58.1 Å². The lowest BCUT2D eigenvalue weighted by molar-refractivity contribution is 0.314. The fraction of sp³-hybridized carbons (Fsp3) is 0. The number of phenols is 1. The monoisotopic (exact) mass is 415 g/mol. The number of benzene rings is 2. The molecule has 2 aromatic carbocycles. The molecule has 0 radical (unpaired) electrons. The normalized spacial score (nSPS) is 11.2. The molecule has 0 aliphatic heterocycles. The predicted molar refractivity (Wildman–Crippen MR) is 106 cm³/mol. The van der Waals surface area contributed by atoms with E-state index in [2.05, 4.69) is 40.8 Å². The predicted octanol–water partition coefficient (Wildman–Crippen LogP) is 4.21. The Bertz CT molecular complexity index is 1180. The van der Waals surface area contributed by atoms with Crippen molar-refractivity contribution in [1.82, 2.24) is 20.3 Å². The largest absolute Gasteiger partial charge is 0.508 e. The van der Waals surface area contributed by atoms with E-state index in [-0.39, 0.29) is 22.9 Å². The van der Waals surface area contributed by atoms with Crippen molar-refractivity contribution >= 4 is 58.0 Å². The van der Waals surface area contributed by atoms with Gasteiger partial charge in [-0.15, -0.1) is 0 Å². The molecule has 0 amide bonds. The summed E-state index contributed by atoms with van der Waals surface area (Å²) >= 11 is 12.0. The first-order valence-electron chi connectivity index (χ1n) is 7.89. The lowest BCUT2D eigenvalue weighted by Gasteiger charge is -2.10. The molecule has 11 heteroatoms. The molecule has 0 atom stereocenters. The number of rotatable bonds is 5. The summed E-state index contributed by atoms with van der Waals surface area (Å²) < 4.78 is 4.66. The number of nitrogens with one attached hydrogen (secondary N) is 2. The Morgan fingerprint density at radius 3 is 2.50 bits per heavy atom. The van der Waals surface area contributed by atoms with Gasteiger partial charge in [0.05, 0.1) is 16.3 Å². The highest BCUT2D eigenvalue weighted by molar-refractivity contribution is 6.42. The van der Waals surface area contributed by atoms with Gasteiger partial charge in [-0.1, -0.05) is 35.3 Å². The SMILES string of the molecule is Oc1cccc(C=NNc2nc3nonc3nc2Nc2ccc(Cl)c(Cl)c2)c1. The van der Waals surface area contributed by atoms with Gasteiger partial charge in [0.1, 0.15) is 5.75 Å². The highest BCUT2D eigenvalue weighted by Gasteiger charge is 2.13. The first-order valence-corrected chi connectivity index (χ1v) is 8.64. The molecule has 4 aromatic rings. The average molecular weight is 416 g/mol. The number of nitrogens with zero attached hydrogens (tertiary/aromatic N) is 5. The quantitative estimate of drug-likeness (QED) is 0.327. The van der Waals surface area contributed by atoms with Gasteiger partial charge in [0.2, 0.25) is 11.3 Å². The maximum atomic E-state index is 9.51. The number of aromatic nitrogens is 4. The van der Waals surface area contributed by atoms with Gasteiger partial charge in [-0.05, 0) is 46.2 Å². The van der Waals surface area contributed by atoms with Crippen LogP contribution < -0.4 is 10.7 Å². The minimum atomic E-state index is 0.140. The Hall–Kier alpha value is -3.43. The standard InChI is InChI=1S/C17H11Cl2N7O2/c18-12-5-4-10(7-13(12)19)21-14-15(23-17-16(22-14)25-28-26-17)24-20-8-9-2-1-3-11(27)6-9/h1-8,27H,(H,21,22,25)(H,23,24,26). The minimum absolute atomic E-state index is 0.140. The first kappa shape index (κ1) is 18.0.